The van der Waals surface area contributed by atoms with Crippen molar-refractivity contribution in [2.24, 2.45) is 0 Å². The van der Waals surface area contributed by atoms with Crippen LogP contribution in [0.1, 0.15) is 20.8 Å². The number of carbonyl (C=O) groups excluding carboxylic acids is 1. The number of nitrogens with one attached hydrogen (secondary N) is 2. The van der Waals surface area contributed by atoms with Crippen LogP contribution in [0.15, 0.2) is 0 Å². The number of hydrogen-bond donors (Lipinski definition) is 2. The van der Waals surface area contributed by atoms with Crippen molar-refractivity contribution in [2.75, 3.05) is 13.1 Å². The van der Waals surface area contributed by atoms with E-state index in [1.807, 2.05) is 25.7 Å². The first-order chi connectivity index (χ1) is 6.52. The van der Waals surface area contributed by atoms with E-state index in [1.54, 1.807) is 0 Å². The Hall–Kier alpha value is -0.840. The molecule has 1 rings (SSSR count). The maximum absolute atomic E-state index is 11.4. The van der Waals surface area contributed by atoms with Crippen LogP contribution in [0.25, 0.3) is 0 Å². The van der Waals surface area contributed by atoms with Gasteiger partial charge >= 0.3 is 0 Å². The zero-order chi connectivity index (χ0) is 10.7. The van der Waals surface area contributed by atoms with Gasteiger partial charge < -0.3 is 15.5 Å². The van der Waals surface area contributed by atoms with Crippen LogP contribution in [-0.2, 0) is 4.79 Å². The molecule has 4 nitrogen and oxygen atoms in total. The van der Waals surface area contributed by atoms with E-state index in [1.165, 1.54) is 0 Å². The van der Waals surface area contributed by atoms with E-state index >= 15 is 0 Å². The molecule has 14 heavy (non-hydrogen) atoms. The molecule has 0 aromatic carbocycles. The maximum Gasteiger partial charge on any atom is 0.242 e. The van der Waals surface area contributed by atoms with Gasteiger partial charge in [0, 0.05) is 19.1 Å². The molecule has 1 atom stereocenters. The number of rotatable bonds is 1. The summed E-state index contributed by atoms with van der Waals surface area (Å²) in [7, 11) is 0. The molecule has 0 saturated carbocycles. The first-order valence-corrected chi connectivity index (χ1v) is 5.28. The zero-order valence-electron chi connectivity index (χ0n) is 8.83. The highest BCUT2D eigenvalue weighted by molar-refractivity contribution is 7.80. The third-order valence-corrected chi connectivity index (χ3v) is 2.52. The molecule has 80 valence electrons. The van der Waals surface area contributed by atoms with E-state index < -0.39 is 0 Å². The highest BCUT2D eigenvalue weighted by atomic mass is 32.1. The highest BCUT2D eigenvalue weighted by Crippen LogP contribution is 2.04. The third kappa shape index (κ3) is 2.57. The predicted octanol–water partition coefficient (Wildman–Crippen LogP) is 0.0896. The summed E-state index contributed by atoms with van der Waals surface area (Å²) in [5.41, 5.74) is 0. The fourth-order valence-corrected chi connectivity index (χ4v) is 1.87. The smallest absolute Gasteiger partial charge is 0.242 e. The van der Waals surface area contributed by atoms with Crippen LogP contribution in [0.4, 0.5) is 0 Å². The van der Waals surface area contributed by atoms with E-state index in [9.17, 15) is 4.79 Å². The van der Waals surface area contributed by atoms with Crippen molar-refractivity contribution in [3.05, 3.63) is 0 Å². The molecule has 0 aliphatic carbocycles. The van der Waals surface area contributed by atoms with Crippen LogP contribution in [0, 0.1) is 0 Å². The molecule has 1 aliphatic rings. The molecule has 5 heteroatoms. The normalized spacial score (nSPS) is 22.1. The molecule has 0 bridgehead atoms. The highest BCUT2D eigenvalue weighted by Gasteiger charge is 2.27. The summed E-state index contributed by atoms with van der Waals surface area (Å²) >= 11 is 5.22. The number of thiocarbonyl (C=S) groups is 1. The summed E-state index contributed by atoms with van der Waals surface area (Å²) in [6.45, 7) is 7.37. The van der Waals surface area contributed by atoms with Crippen molar-refractivity contribution in [2.45, 2.75) is 32.9 Å². The van der Waals surface area contributed by atoms with E-state index in [-0.39, 0.29) is 11.9 Å². The van der Waals surface area contributed by atoms with Gasteiger partial charge in [-0.2, -0.15) is 0 Å². The van der Waals surface area contributed by atoms with Gasteiger partial charge in [-0.3, -0.25) is 4.79 Å². The average molecular weight is 215 g/mol. The molecule has 1 amide bonds. The van der Waals surface area contributed by atoms with Crippen LogP contribution in [0.2, 0.25) is 0 Å². The molecular formula is C9H17N3OS. The lowest BCUT2D eigenvalue weighted by Crippen LogP contribution is -2.58. The molecule has 0 radical (unpaired) electrons. The second-order valence-electron chi connectivity index (χ2n) is 3.76. The molecular weight excluding hydrogens is 198 g/mol. The molecule has 0 spiro atoms. The standard InChI is InChI=1S/C9H17N3OS/c1-6(2)11-9(14)12-5-4-10-8(13)7(12)3/h6-7H,4-5H2,1-3H3,(H,10,13)(H,11,14). The van der Waals surface area contributed by atoms with Crippen molar-refractivity contribution in [1.82, 2.24) is 15.5 Å². The molecule has 0 aromatic rings. The van der Waals surface area contributed by atoms with Crippen molar-refractivity contribution < 1.29 is 4.79 Å². The van der Waals surface area contributed by atoms with E-state index in [0.717, 1.165) is 6.54 Å². The summed E-state index contributed by atoms with van der Waals surface area (Å²) < 4.78 is 0. The Bertz CT molecular complexity index is 242. The third-order valence-electron chi connectivity index (χ3n) is 2.17. The summed E-state index contributed by atoms with van der Waals surface area (Å²) in [5.74, 6) is 0.0455. The first-order valence-electron chi connectivity index (χ1n) is 4.87. The van der Waals surface area contributed by atoms with Gasteiger partial charge in [-0.15, -0.1) is 0 Å². The summed E-state index contributed by atoms with van der Waals surface area (Å²) in [6, 6.07) is 0.141. The van der Waals surface area contributed by atoms with E-state index in [2.05, 4.69) is 10.6 Å². The summed E-state index contributed by atoms with van der Waals surface area (Å²) in [4.78, 5) is 13.3. The fourth-order valence-electron chi connectivity index (χ4n) is 1.39. The van der Waals surface area contributed by atoms with Crippen LogP contribution in [0.3, 0.4) is 0 Å². The van der Waals surface area contributed by atoms with E-state index in [4.69, 9.17) is 12.2 Å². The zero-order valence-corrected chi connectivity index (χ0v) is 9.65. The minimum absolute atomic E-state index is 0.0455. The topological polar surface area (TPSA) is 44.4 Å². The van der Waals surface area contributed by atoms with Gasteiger partial charge in [0.2, 0.25) is 5.91 Å². The Balaban J connectivity index is 2.57. The molecule has 1 unspecified atom stereocenters. The molecule has 2 N–H and O–H groups in total. The van der Waals surface area contributed by atoms with Gasteiger partial charge in [-0.25, -0.2) is 0 Å². The lowest BCUT2D eigenvalue weighted by Gasteiger charge is -2.35. The van der Waals surface area contributed by atoms with Crippen molar-refractivity contribution in [1.29, 1.82) is 0 Å². The summed E-state index contributed by atoms with van der Waals surface area (Å²) in [5, 5.41) is 6.61. The first kappa shape index (κ1) is 11.2. The molecule has 1 heterocycles. The molecule has 0 aromatic heterocycles. The fraction of sp³-hybridized carbons (Fsp3) is 0.778. The van der Waals surface area contributed by atoms with Crippen molar-refractivity contribution in [3.63, 3.8) is 0 Å². The van der Waals surface area contributed by atoms with Gasteiger partial charge in [0.1, 0.15) is 6.04 Å². The molecule has 1 fully saturated rings. The Morgan fingerprint density at radius 3 is 2.93 bits per heavy atom. The lowest BCUT2D eigenvalue weighted by molar-refractivity contribution is -0.126. The largest absolute Gasteiger partial charge is 0.360 e. The Morgan fingerprint density at radius 2 is 2.36 bits per heavy atom. The lowest BCUT2D eigenvalue weighted by atomic mass is 10.2. The Labute approximate surface area is 90.0 Å². The quantitative estimate of drug-likeness (QED) is 0.609. The van der Waals surface area contributed by atoms with Crippen LogP contribution < -0.4 is 10.6 Å². The second kappa shape index (κ2) is 4.59. The monoisotopic (exact) mass is 215 g/mol. The molecule has 1 saturated heterocycles. The minimum atomic E-state index is -0.164. The van der Waals surface area contributed by atoms with Gasteiger partial charge in [-0.1, -0.05) is 0 Å². The average Bonchev–Trinajstić information content (AvgIpc) is 2.08. The van der Waals surface area contributed by atoms with Crippen LogP contribution >= 0.6 is 12.2 Å². The number of carbonyl (C=O) groups is 1. The van der Waals surface area contributed by atoms with Gasteiger partial charge in [0.25, 0.3) is 0 Å². The van der Waals surface area contributed by atoms with Gasteiger partial charge in [0.05, 0.1) is 0 Å². The number of hydrogen-bond acceptors (Lipinski definition) is 2. The Kier molecular flexibility index (Phi) is 3.69. The minimum Gasteiger partial charge on any atom is -0.360 e. The van der Waals surface area contributed by atoms with E-state index in [0.29, 0.717) is 17.7 Å². The predicted molar refractivity (Wildman–Crippen MR) is 60.0 cm³/mol. The van der Waals surface area contributed by atoms with Gasteiger partial charge in [0.15, 0.2) is 5.11 Å². The van der Waals surface area contributed by atoms with Crippen molar-refractivity contribution in [3.8, 4) is 0 Å². The number of piperazine rings is 1. The number of nitrogens with zero attached hydrogens (tertiary/aromatic N) is 1. The van der Waals surface area contributed by atoms with Crippen molar-refractivity contribution >= 4 is 23.2 Å². The van der Waals surface area contributed by atoms with Gasteiger partial charge in [-0.05, 0) is 33.0 Å². The summed E-state index contributed by atoms with van der Waals surface area (Å²) in [6.07, 6.45) is 0. The molecule has 1 aliphatic heterocycles. The second-order valence-corrected chi connectivity index (χ2v) is 4.15. The van der Waals surface area contributed by atoms with Crippen LogP contribution in [-0.4, -0.2) is 41.1 Å². The SMILES string of the molecule is CC(C)NC(=S)N1CCNC(=O)C1C. The maximum atomic E-state index is 11.4. The van der Waals surface area contributed by atoms with Crippen LogP contribution in [0.5, 0.6) is 0 Å². The Morgan fingerprint density at radius 1 is 1.71 bits per heavy atom. The number of amides is 1.